The van der Waals surface area contributed by atoms with Crippen molar-refractivity contribution in [3.8, 4) is 0 Å². The number of nitrogens with one attached hydrogen (secondary N) is 1. The van der Waals surface area contributed by atoms with Gasteiger partial charge in [-0.05, 0) is 68.5 Å². The molecule has 5 rings (SSSR count). The number of rotatable bonds is 2. The van der Waals surface area contributed by atoms with E-state index < -0.39 is 0 Å². The molecule has 108 valence electrons. The summed E-state index contributed by atoms with van der Waals surface area (Å²) in [5.41, 5.74) is 7.90. The van der Waals surface area contributed by atoms with Gasteiger partial charge in [0, 0.05) is 12.6 Å². The van der Waals surface area contributed by atoms with Crippen molar-refractivity contribution in [3.05, 3.63) is 11.3 Å². The van der Waals surface area contributed by atoms with Gasteiger partial charge in [-0.3, -0.25) is 9.79 Å². The first-order valence-corrected chi connectivity index (χ1v) is 7.88. The number of nitrogens with zero attached hydrogens (tertiary/aromatic N) is 1. The molecule has 1 spiro atoms. The summed E-state index contributed by atoms with van der Waals surface area (Å²) in [4.78, 5) is 17.0. The van der Waals surface area contributed by atoms with Gasteiger partial charge in [0.05, 0.1) is 11.2 Å². The quantitative estimate of drug-likeness (QED) is 0.750. The Balaban J connectivity index is 1.56. The molecule has 4 aliphatic carbocycles. The molecule has 0 aromatic heterocycles. The van der Waals surface area contributed by atoms with Crippen LogP contribution < -0.4 is 11.1 Å². The van der Waals surface area contributed by atoms with Crippen LogP contribution in [0.15, 0.2) is 16.3 Å². The average Bonchev–Trinajstić information content (AvgIpc) is 2.33. The van der Waals surface area contributed by atoms with Crippen molar-refractivity contribution >= 4 is 12.0 Å². The molecule has 4 nitrogen and oxygen atoms in total. The Morgan fingerprint density at radius 3 is 2.50 bits per heavy atom. The highest BCUT2D eigenvalue weighted by Gasteiger charge is 2.56. The number of aliphatic imine (C=N–C) groups is 1. The summed E-state index contributed by atoms with van der Waals surface area (Å²) >= 11 is 0. The van der Waals surface area contributed by atoms with Crippen molar-refractivity contribution in [2.45, 2.75) is 50.5 Å². The number of carbonyl (C=O) groups is 1. The molecule has 0 aromatic rings. The van der Waals surface area contributed by atoms with Crippen molar-refractivity contribution in [2.24, 2.45) is 22.1 Å². The normalized spacial score (nSPS) is 39.0. The second-order valence-electron chi connectivity index (χ2n) is 7.43. The molecule has 4 heteroatoms. The van der Waals surface area contributed by atoms with Gasteiger partial charge >= 0.3 is 0 Å². The summed E-state index contributed by atoms with van der Waals surface area (Å²) in [6.07, 6.45) is 9.43. The molecule has 1 aliphatic heterocycles. The van der Waals surface area contributed by atoms with E-state index in [-0.39, 0.29) is 16.7 Å². The van der Waals surface area contributed by atoms with E-state index in [1.807, 2.05) is 6.21 Å². The highest BCUT2D eigenvalue weighted by molar-refractivity contribution is 6.02. The number of allylic oxidation sites excluding steroid dienone is 2. The zero-order valence-electron chi connectivity index (χ0n) is 12.0. The molecule has 5 aliphatic rings. The van der Waals surface area contributed by atoms with Crippen LogP contribution in [0.2, 0.25) is 0 Å². The third-order valence-electron chi connectivity index (χ3n) is 5.91. The van der Waals surface area contributed by atoms with E-state index in [1.54, 1.807) is 0 Å². The monoisotopic (exact) mass is 273 g/mol. The fourth-order valence-corrected chi connectivity index (χ4v) is 4.41. The molecule has 0 radical (unpaired) electrons. The minimum absolute atomic E-state index is 0.136. The molecule has 20 heavy (non-hydrogen) atoms. The number of piperidine rings is 1. The first-order valence-electron chi connectivity index (χ1n) is 7.88. The average molecular weight is 273 g/mol. The van der Waals surface area contributed by atoms with Crippen LogP contribution in [0, 0.1) is 11.3 Å². The van der Waals surface area contributed by atoms with E-state index in [2.05, 4.69) is 5.32 Å². The van der Waals surface area contributed by atoms with Crippen LogP contribution in [0.1, 0.15) is 44.9 Å². The zero-order chi connectivity index (χ0) is 13.8. The number of ketones is 1. The molecule has 2 bridgehead atoms. The predicted octanol–water partition coefficient (Wildman–Crippen LogP) is 1.56. The topological polar surface area (TPSA) is 67.5 Å². The van der Waals surface area contributed by atoms with E-state index in [1.165, 1.54) is 19.3 Å². The lowest BCUT2D eigenvalue weighted by atomic mass is 9.50. The molecule has 0 amide bonds. The van der Waals surface area contributed by atoms with Crippen molar-refractivity contribution in [2.75, 3.05) is 13.1 Å². The second kappa shape index (κ2) is 4.17. The molecule has 0 unspecified atom stereocenters. The third-order valence-corrected chi connectivity index (χ3v) is 5.91. The zero-order valence-corrected chi connectivity index (χ0v) is 12.0. The van der Waals surface area contributed by atoms with E-state index in [9.17, 15) is 4.79 Å². The highest BCUT2D eigenvalue weighted by atomic mass is 16.1. The Labute approximate surface area is 119 Å². The maximum absolute atomic E-state index is 12.2. The number of hydrogen-bond donors (Lipinski definition) is 2. The largest absolute Gasteiger partial charge is 0.396 e. The van der Waals surface area contributed by atoms with Crippen molar-refractivity contribution in [1.82, 2.24) is 5.32 Å². The molecule has 0 atom stereocenters. The van der Waals surface area contributed by atoms with Crippen LogP contribution in [-0.4, -0.2) is 30.6 Å². The lowest BCUT2D eigenvalue weighted by molar-refractivity contribution is -0.119. The SMILES string of the molecule is NC1=C(C=NC23CC(C2)C3)CC2(CCNCC2)CC1=O. The Kier molecular flexibility index (Phi) is 2.62. The lowest BCUT2D eigenvalue weighted by Gasteiger charge is -2.59. The summed E-state index contributed by atoms with van der Waals surface area (Å²) < 4.78 is 0. The van der Waals surface area contributed by atoms with Crippen LogP contribution in [-0.2, 0) is 4.79 Å². The summed E-state index contributed by atoms with van der Waals surface area (Å²) in [6.45, 7) is 2.03. The maximum Gasteiger partial charge on any atom is 0.179 e. The number of carbonyl (C=O) groups excluding carboxylic acids is 1. The fraction of sp³-hybridized carbons (Fsp3) is 0.750. The smallest absolute Gasteiger partial charge is 0.179 e. The third kappa shape index (κ3) is 1.85. The standard InChI is InChI=1S/C16H23N3O/c17-14-12(10-19-16-5-11(6-16)7-16)8-15(9-13(14)20)1-3-18-4-2-15/h10-11,18H,1-9,17H2. The second-order valence-corrected chi connectivity index (χ2v) is 7.43. The van der Waals surface area contributed by atoms with Gasteiger partial charge in [0.25, 0.3) is 0 Å². The van der Waals surface area contributed by atoms with Crippen molar-refractivity contribution in [1.29, 1.82) is 0 Å². The summed E-state index contributed by atoms with van der Waals surface area (Å²) in [6, 6.07) is 0. The molecular formula is C16H23N3O. The van der Waals surface area contributed by atoms with Crippen LogP contribution in [0.5, 0.6) is 0 Å². The van der Waals surface area contributed by atoms with Gasteiger partial charge in [-0.15, -0.1) is 0 Å². The van der Waals surface area contributed by atoms with E-state index in [0.29, 0.717) is 12.1 Å². The maximum atomic E-state index is 12.2. The Morgan fingerprint density at radius 2 is 1.90 bits per heavy atom. The molecule has 3 saturated carbocycles. The Morgan fingerprint density at radius 1 is 1.20 bits per heavy atom. The molecule has 1 saturated heterocycles. The van der Waals surface area contributed by atoms with Crippen LogP contribution in [0.3, 0.4) is 0 Å². The van der Waals surface area contributed by atoms with Gasteiger partial charge in [0.15, 0.2) is 5.78 Å². The number of Topliss-reactive ketones (excluding diaryl/α,β-unsaturated/α-hetero) is 1. The summed E-state index contributed by atoms with van der Waals surface area (Å²) in [7, 11) is 0. The van der Waals surface area contributed by atoms with Crippen LogP contribution >= 0.6 is 0 Å². The van der Waals surface area contributed by atoms with Gasteiger partial charge < -0.3 is 11.1 Å². The molecule has 4 fully saturated rings. The minimum Gasteiger partial charge on any atom is -0.396 e. The predicted molar refractivity (Wildman–Crippen MR) is 78.6 cm³/mol. The minimum atomic E-state index is 0.136. The molecule has 3 N–H and O–H groups in total. The molecule has 1 heterocycles. The van der Waals surface area contributed by atoms with Gasteiger partial charge in [-0.25, -0.2) is 0 Å². The number of hydrogen-bond acceptors (Lipinski definition) is 4. The Hall–Kier alpha value is -1.16. The van der Waals surface area contributed by atoms with E-state index in [0.717, 1.165) is 43.8 Å². The van der Waals surface area contributed by atoms with Crippen molar-refractivity contribution in [3.63, 3.8) is 0 Å². The van der Waals surface area contributed by atoms with Gasteiger partial charge in [-0.2, -0.15) is 0 Å². The van der Waals surface area contributed by atoms with Crippen LogP contribution in [0.4, 0.5) is 0 Å². The number of nitrogens with two attached hydrogens (primary N) is 1. The highest BCUT2D eigenvalue weighted by Crippen LogP contribution is 2.59. The van der Waals surface area contributed by atoms with Crippen molar-refractivity contribution < 1.29 is 4.79 Å². The lowest BCUT2D eigenvalue weighted by Crippen LogP contribution is -2.56. The summed E-state index contributed by atoms with van der Waals surface area (Å²) in [5, 5.41) is 3.39. The molecular weight excluding hydrogens is 250 g/mol. The van der Waals surface area contributed by atoms with Gasteiger partial charge in [0.2, 0.25) is 0 Å². The van der Waals surface area contributed by atoms with Gasteiger partial charge in [-0.1, -0.05) is 0 Å². The first-order chi connectivity index (χ1) is 9.60. The van der Waals surface area contributed by atoms with Gasteiger partial charge in [0.1, 0.15) is 0 Å². The molecule has 0 aromatic carbocycles. The first kappa shape index (κ1) is 12.6. The van der Waals surface area contributed by atoms with E-state index in [4.69, 9.17) is 10.7 Å². The van der Waals surface area contributed by atoms with Crippen LogP contribution in [0.25, 0.3) is 0 Å². The van der Waals surface area contributed by atoms with E-state index >= 15 is 0 Å². The summed E-state index contributed by atoms with van der Waals surface area (Å²) in [5.74, 6) is 1.07. The fourth-order valence-electron chi connectivity index (χ4n) is 4.41. The Bertz CT molecular complexity index is 497.